The number of fused-ring (bicyclic) bond motifs is 1. The van der Waals surface area contributed by atoms with Gasteiger partial charge in [0.15, 0.2) is 5.82 Å². The summed E-state index contributed by atoms with van der Waals surface area (Å²) in [6.07, 6.45) is 2.08. The Morgan fingerprint density at radius 1 is 1.17 bits per heavy atom. The number of rotatable bonds is 6. The maximum Gasteiger partial charge on any atom is 0.279 e. The molecule has 0 fully saturated rings. The maximum atomic E-state index is 13.0. The van der Waals surface area contributed by atoms with Gasteiger partial charge in [0.2, 0.25) is 11.7 Å². The van der Waals surface area contributed by atoms with Crippen molar-refractivity contribution in [2.24, 2.45) is 7.05 Å². The van der Waals surface area contributed by atoms with E-state index in [9.17, 15) is 9.59 Å². The average Bonchev–Trinajstić information content (AvgIpc) is 3.41. The average molecular weight is 391 g/mol. The molecule has 8 nitrogen and oxygen atoms in total. The van der Waals surface area contributed by atoms with Crippen LogP contribution in [0.2, 0.25) is 0 Å². The molecule has 0 atom stereocenters. The quantitative estimate of drug-likeness (QED) is 0.544. The van der Waals surface area contributed by atoms with Crippen molar-refractivity contribution in [1.82, 2.24) is 24.5 Å². The fourth-order valence-electron chi connectivity index (χ4n) is 3.22. The molecule has 0 aliphatic heterocycles. The number of hydrogen-bond acceptors (Lipinski definition) is 5. The lowest BCUT2D eigenvalue weighted by molar-refractivity contribution is -0.121. The summed E-state index contributed by atoms with van der Waals surface area (Å²) in [7, 11) is 1.84. The largest absolute Gasteiger partial charge is 0.467 e. The molecule has 0 saturated carbocycles. The summed E-state index contributed by atoms with van der Waals surface area (Å²) < 4.78 is 8.34. The number of aryl methyl sites for hydroxylation is 1. The van der Waals surface area contributed by atoms with Crippen molar-refractivity contribution in [2.45, 2.75) is 26.3 Å². The molecule has 0 unspecified atom stereocenters. The van der Waals surface area contributed by atoms with Crippen LogP contribution >= 0.6 is 0 Å². The minimum absolute atomic E-state index is 0.147. The molecule has 148 valence electrons. The Bertz CT molecular complexity index is 1210. The predicted molar refractivity (Wildman–Crippen MR) is 107 cm³/mol. The van der Waals surface area contributed by atoms with Gasteiger partial charge in [-0.1, -0.05) is 30.3 Å². The molecule has 3 heterocycles. The summed E-state index contributed by atoms with van der Waals surface area (Å²) in [6, 6.07) is 13.1. The van der Waals surface area contributed by atoms with Crippen molar-refractivity contribution in [3.63, 3.8) is 0 Å². The van der Waals surface area contributed by atoms with Crippen LogP contribution < -0.4 is 10.9 Å². The van der Waals surface area contributed by atoms with Gasteiger partial charge in [0.1, 0.15) is 5.76 Å². The Morgan fingerprint density at radius 2 is 1.97 bits per heavy atom. The number of carbonyl (C=O) groups excluding carboxylic acids is 1. The fraction of sp³-hybridized carbons (Fsp3) is 0.238. The summed E-state index contributed by atoms with van der Waals surface area (Å²) in [5, 5.41) is 7.20. The first-order valence-corrected chi connectivity index (χ1v) is 9.34. The van der Waals surface area contributed by atoms with Crippen molar-refractivity contribution in [3.05, 3.63) is 76.1 Å². The number of hydrogen-bond donors (Lipinski definition) is 1. The third kappa shape index (κ3) is 3.69. The van der Waals surface area contributed by atoms with Gasteiger partial charge < -0.3 is 14.3 Å². The maximum absolute atomic E-state index is 13.0. The molecule has 4 rings (SSSR count). The summed E-state index contributed by atoms with van der Waals surface area (Å²) in [4.78, 5) is 29.7. The lowest BCUT2D eigenvalue weighted by Gasteiger charge is -2.11. The molecule has 0 aliphatic carbocycles. The van der Waals surface area contributed by atoms with Gasteiger partial charge in [-0.3, -0.25) is 9.59 Å². The van der Waals surface area contributed by atoms with E-state index in [1.807, 2.05) is 48.9 Å². The number of amides is 1. The highest BCUT2D eigenvalue weighted by Gasteiger charge is 2.17. The highest BCUT2D eigenvalue weighted by Crippen LogP contribution is 2.16. The summed E-state index contributed by atoms with van der Waals surface area (Å²) in [6.45, 7) is 2.18. The highest BCUT2D eigenvalue weighted by molar-refractivity contribution is 5.76. The van der Waals surface area contributed by atoms with Crippen molar-refractivity contribution in [3.8, 4) is 11.4 Å². The van der Waals surface area contributed by atoms with Gasteiger partial charge in [0.05, 0.1) is 12.8 Å². The number of aromatic nitrogens is 4. The molecule has 0 saturated heterocycles. The zero-order valence-electron chi connectivity index (χ0n) is 16.3. The van der Waals surface area contributed by atoms with Gasteiger partial charge in [-0.15, -0.1) is 5.10 Å². The van der Waals surface area contributed by atoms with E-state index in [0.717, 1.165) is 11.3 Å². The summed E-state index contributed by atoms with van der Waals surface area (Å²) >= 11 is 0. The van der Waals surface area contributed by atoms with Crippen molar-refractivity contribution in [1.29, 1.82) is 0 Å². The number of benzene rings is 1. The third-order valence-electron chi connectivity index (χ3n) is 4.95. The lowest BCUT2D eigenvalue weighted by atomic mass is 10.1. The third-order valence-corrected chi connectivity index (χ3v) is 4.95. The Labute approximate surface area is 166 Å². The van der Waals surface area contributed by atoms with Gasteiger partial charge in [-0.2, -0.15) is 9.50 Å². The molecule has 4 aromatic rings. The Balaban J connectivity index is 1.58. The number of nitrogens with one attached hydrogen (secondary N) is 1. The molecule has 0 aliphatic rings. The second-order valence-corrected chi connectivity index (χ2v) is 6.80. The molecule has 8 heteroatoms. The van der Waals surface area contributed by atoms with Crippen LogP contribution in [0, 0.1) is 6.92 Å². The number of furan rings is 1. The van der Waals surface area contributed by atoms with Crippen LogP contribution in [0.4, 0.5) is 0 Å². The van der Waals surface area contributed by atoms with E-state index in [4.69, 9.17) is 4.42 Å². The smallest absolute Gasteiger partial charge is 0.279 e. The molecule has 0 radical (unpaired) electrons. The second-order valence-electron chi connectivity index (χ2n) is 6.80. The van der Waals surface area contributed by atoms with Crippen molar-refractivity contribution in [2.75, 3.05) is 0 Å². The monoisotopic (exact) mass is 391 g/mol. The van der Waals surface area contributed by atoms with E-state index in [2.05, 4.69) is 15.4 Å². The SMILES string of the molecule is Cc1c(CCC(=O)NCc2ccco2)c(=O)n2nc(-c3ccccc3)nc2n1C. The van der Waals surface area contributed by atoms with E-state index in [0.29, 0.717) is 35.9 Å². The molecule has 1 amide bonds. The van der Waals surface area contributed by atoms with Crippen LogP contribution in [0.3, 0.4) is 0 Å². The summed E-state index contributed by atoms with van der Waals surface area (Å²) in [5.74, 6) is 1.50. The predicted octanol–water partition coefficient (Wildman–Crippen LogP) is 2.25. The Hall–Kier alpha value is -3.68. The van der Waals surface area contributed by atoms with Crippen LogP contribution in [0.5, 0.6) is 0 Å². The van der Waals surface area contributed by atoms with Crippen LogP contribution in [0.25, 0.3) is 17.2 Å². The highest BCUT2D eigenvalue weighted by atomic mass is 16.3. The topological polar surface area (TPSA) is 94.4 Å². The molecule has 0 spiro atoms. The van der Waals surface area contributed by atoms with Gasteiger partial charge >= 0.3 is 0 Å². The zero-order valence-corrected chi connectivity index (χ0v) is 16.3. The van der Waals surface area contributed by atoms with Gasteiger partial charge in [0.25, 0.3) is 5.56 Å². The van der Waals surface area contributed by atoms with Crippen molar-refractivity contribution < 1.29 is 9.21 Å². The van der Waals surface area contributed by atoms with Crippen LogP contribution in [-0.2, 0) is 24.8 Å². The lowest BCUT2D eigenvalue weighted by Crippen LogP contribution is -2.28. The second kappa shape index (κ2) is 7.75. The van der Waals surface area contributed by atoms with Crippen LogP contribution in [-0.4, -0.2) is 25.1 Å². The zero-order chi connectivity index (χ0) is 20.4. The van der Waals surface area contributed by atoms with Gasteiger partial charge in [-0.25, -0.2) is 0 Å². The number of nitrogens with zero attached hydrogens (tertiary/aromatic N) is 4. The molecule has 1 aromatic carbocycles. The van der Waals surface area contributed by atoms with Crippen LogP contribution in [0.1, 0.15) is 23.4 Å². The van der Waals surface area contributed by atoms with E-state index >= 15 is 0 Å². The molecule has 1 N–H and O–H groups in total. The normalized spacial score (nSPS) is 11.1. The minimum Gasteiger partial charge on any atom is -0.467 e. The molecule has 29 heavy (non-hydrogen) atoms. The molecule has 0 bridgehead atoms. The van der Waals surface area contributed by atoms with Crippen molar-refractivity contribution >= 4 is 11.7 Å². The molecular formula is C21H21N5O3. The molecular weight excluding hydrogens is 370 g/mol. The Morgan fingerprint density at radius 3 is 2.69 bits per heavy atom. The standard InChI is InChI=1S/C21H21N5O3/c1-14-17(10-11-18(27)22-13-16-9-6-12-29-16)20(28)26-21(25(14)2)23-19(24-26)15-7-4-3-5-8-15/h3-9,12H,10-11,13H2,1-2H3,(H,22,27). The minimum atomic E-state index is -0.246. The van der Waals surface area contributed by atoms with Gasteiger partial charge in [0, 0.05) is 30.3 Å². The van der Waals surface area contributed by atoms with E-state index in [1.165, 1.54) is 4.52 Å². The first-order valence-electron chi connectivity index (χ1n) is 9.34. The van der Waals surface area contributed by atoms with E-state index in [-0.39, 0.29) is 17.9 Å². The number of carbonyl (C=O) groups is 1. The first kappa shape index (κ1) is 18.7. The van der Waals surface area contributed by atoms with Crippen LogP contribution in [0.15, 0.2) is 57.9 Å². The molecule has 3 aromatic heterocycles. The summed E-state index contributed by atoms with van der Waals surface area (Å²) in [5.41, 5.74) is 1.92. The fourth-order valence-corrected chi connectivity index (χ4v) is 3.22. The Kier molecular flexibility index (Phi) is 4.99. The van der Waals surface area contributed by atoms with Gasteiger partial charge in [-0.05, 0) is 25.5 Å². The van der Waals surface area contributed by atoms with E-state index in [1.54, 1.807) is 18.4 Å². The van der Waals surface area contributed by atoms with E-state index < -0.39 is 0 Å². The first-order chi connectivity index (χ1) is 14.0.